The fourth-order valence-electron chi connectivity index (χ4n) is 2.85. The van der Waals surface area contributed by atoms with Gasteiger partial charge in [0, 0.05) is 11.3 Å². The molecule has 160 valence electrons. The van der Waals surface area contributed by atoms with Crippen molar-refractivity contribution in [3.05, 3.63) is 84.4 Å². The third-order valence-electron chi connectivity index (χ3n) is 4.34. The lowest BCUT2D eigenvalue weighted by Crippen LogP contribution is -2.37. The van der Waals surface area contributed by atoms with E-state index in [0.717, 1.165) is 10.6 Å². The van der Waals surface area contributed by atoms with E-state index in [4.69, 9.17) is 4.74 Å². The van der Waals surface area contributed by atoms with E-state index < -0.39 is 22.5 Å². The smallest absolute Gasteiger partial charge is 0.245 e. The first-order valence-corrected chi connectivity index (χ1v) is 11.3. The Bertz CT molecular complexity index is 1180. The number of ketones is 1. The molecule has 7 nitrogen and oxygen atoms in total. The highest BCUT2D eigenvalue weighted by Crippen LogP contribution is 2.25. The van der Waals surface area contributed by atoms with Gasteiger partial charge in [-0.05, 0) is 55.5 Å². The van der Waals surface area contributed by atoms with Crippen molar-refractivity contribution in [2.45, 2.75) is 6.92 Å². The molecule has 8 heteroatoms. The van der Waals surface area contributed by atoms with Crippen LogP contribution < -0.4 is 14.4 Å². The minimum Gasteiger partial charge on any atom is -0.457 e. The molecule has 1 amide bonds. The number of hydrogen-bond donors (Lipinski definition) is 1. The fourth-order valence-corrected chi connectivity index (χ4v) is 3.71. The number of nitrogens with one attached hydrogen (secondary N) is 1. The first-order chi connectivity index (χ1) is 14.7. The molecule has 0 saturated heterocycles. The highest BCUT2D eigenvalue weighted by atomic mass is 32.2. The van der Waals surface area contributed by atoms with Gasteiger partial charge >= 0.3 is 0 Å². The second kappa shape index (κ2) is 9.44. The van der Waals surface area contributed by atoms with Crippen LogP contribution >= 0.6 is 0 Å². The number of para-hydroxylation sites is 1. The number of amides is 1. The number of carbonyl (C=O) groups excluding carboxylic acids is 2. The van der Waals surface area contributed by atoms with Gasteiger partial charge in [-0.25, -0.2) is 8.42 Å². The van der Waals surface area contributed by atoms with Crippen molar-refractivity contribution in [1.82, 2.24) is 0 Å². The lowest BCUT2D eigenvalue weighted by molar-refractivity contribution is -0.114. The first kappa shape index (κ1) is 22.0. The molecule has 0 aliphatic carbocycles. The maximum atomic E-state index is 12.5. The topological polar surface area (TPSA) is 92.8 Å². The molecular weight excluding hydrogens is 416 g/mol. The van der Waals surface area contributed by atoms with E-state index >= 15 is 0 Å². The van der Waals surface area contributed by atoms with Crippen LogP contribution in [0.3, 0.4) is 0 Å². The standard InChI is InChI=1S/C23H22N2O5S/c1-17(26)18-7-6-8-19(15-18)24-23(27)16-25(31(2,28)29)20-11-13-22(14-12-20)30-21-9-4-3-5-10-21/h3-15H,16H2,1-2H3,(H,24,27). The van der Waals surface area contributed by atoms with Crippen LogP contribution in [0.5, 0.6) is 11.5 Å². The lowest BCUT2D eigenvalue weighted by Gasteiger charge is -2.22. The highest BCUT2D eigenvalue weighted by molar-refractivity contribution is 7.92. The molecule has 3 aromatic carbocycles. The predicted octanol–water partition coefficient (Wildman–Crippen LogP) is 4.09. The Labute approximate surface area is 181 Å². The lowest BCUT2D eigenvalue weighted by atomic mass is 10.1. The maximum absolute atomic E-state index is 12.5. The summed E-state index contributed by atoms with van der Waals surface area (Å²) in [5.74, 6) is 0.527. The Morgan fingerprint density at radius 3 is 2.16 bits per heavy atom. The summed E-state index contributed by atoms with van der Waals surface area (Å²) in [4.78, 5) is 24.0. The molecule has 0 aliphatic heterocycles. The summed E-state index contributed by atoms with van der Waals surface area (Å²) < 4.78 is 31.3. The summed E-state index contributed by atoms with van der Waals surface area (Å²) in [6, 6.07) is 22.1. The van der Waals surface area contributed by atoms with Gasteiger partial charge in [-0.15, -0.1) is 0 Å². The molecule has 0 aliphatic rings. The first-order valence-electron chi connectivity index (χ1n) is 9.44. The van der Waals surface area contributed by atoms with Gasteiger partial charge in [0.05, 0.1) is 11.9 Å². The monoisotopic (exact) mass is 438 g/mol. The average Bonchev–Trinajstić information content (AvgIpc) is 2.73. The van der Waals surface area contributed by atoms with Gasteiger partial charge in [-0.2, -0.15) is 0 Å². The Morgan fingerprint density at radius 1 is 0.903 bits per heavy atom. The number of sulfonamides is 1. The molecule has 0 atom stereocenters. The fraction of sp³-hybridized carbons (Fsp3) is 0.130. The van der Waals surface area contributed by atoms with Gasteiger partial charge in [0.25, 0.3) is 0 Å². The summed E-state index contributed by atoms with van der Waals surface area (Å²) in [7, 11) is -3.72. The molecule has 0 heterocycles. The molecule has 0 fully saturated rings. The molecule has 0 bridgehead atoms. The van der Waals surface area contributed by atoms with E-state index in [0.29, 0.717) is 28.4 Å². The normalized spacial score (nSPS) is 10.9. The van der Waals surface area contributed by atoms with Crippen LogP contribution in [0.4, 0.5) is 11.4 Å². The van der Waals surface area contributed by atoms with E-state index in [1.165, 1.54) is 6.92 Å². The molecule has 3 rings (SSSR count). The summed E-state index contributed by atoms with van der Waals surface area (Å²) in [5.41, 5.74) is 1.19. The molecular formula is C23H22N2O5S. The van der Waals surface area contributed by atoms with Gasteiger partial charge in [0.1, 0.15) is 18.0 Å². The van der Waals surface area contributed by atoms with E-state index in [2.05, 4.69) is 5.32 Å². The average molecular weight is 439 g/mol. The highest BCUT2D eigenvalue weighted by Gasteiger charge is 2.21. The van der Waals surface area contributed by atoms with E-state index in [-0.39, 0.29) is 5.78 Å². The van der Waals surface area contributed by atoms with E-state index in [1.54, 1.807) is 48.5 Å². The number of benzene rings is 3. The molecule has 0 unspecified atom stereocenters. The third kappa shape index (κ3) is 6.16. The Kier molecular flexibility index (Phi) is 6.71. The largest absolute Gasteiger partial charge is 0.457 e. The maximum Gasteiger partial charge on any atom is 0.245 e. The van der Waals surface area contributed by atoms with Crippen molar-refractivity contribution < 1.29 is 22.7 Å². The van der Waals surface area contributed by atoms with Crippen LogP contribution in [0, 0.1) is 0 Å². The van der Waals surface area contributed by atoms with Gasteiger partial charge in [0.2, 0.25) is 15.9 Å². The van der Waals surface area contributed by atoms with E-state index in [1.807, 2.05) is 30.3 Å². The van der Waals surface area contributed by atoms with Crippen molar-refractivity contribution in [2.75, 3.05) is 22.4 Å². The zero-order valence-corrected chi connectivity index (χ0v) is 17.9. The van der Waals surface area contributed by atoms with Crippen molar-refractivity contribution >= 4 is 33.1 Å². The molecule has 31 heavy (non-hydrogen) atoms. The summed E-state index contributed by atoms with van der Waals surface area (Å²) in [6.45, 7) is 1.01. The quantitative estimate of drug-likeness (QED) is 0.535. The minimum absolute atomic E-state index is 0.133. The summed E-state index contributed by atoms with van der Waals surface area (Å²) >= 11 is 0. The van der Waals surface area contributed by atoms with Crippen molar-refractivity contribution in [1.29, 1.82) is 0 Å². The van der Waals surface area contributed by atoms with Crippen molar-refractivity contribution in [3.8, 4) is 11.5 Å². The molecule has 0 spiro atoms. The van der Waals surface area contributed by atoms with Crippen LogP contribution in [-0.2, 0) is 14.8 Å². The number of carbonyl (C=O) groups is 2. The van der Waals surface area contributed by atoms with Gasteiger partial charge in [-0.3, -0.25) is 13.9 Å². The number of ether oxygens (including phenoxy) is 1. The van der Waals surface area contributed by atoms with Crippen LogP contribution in [0.1, 0.15) is 17.3 Å². The number of nitrogens with zero attached hydrogens (tertiary/aromatic N) is 1. The second-order valence-electron chi connectivity index (χ2n) is 6.86. The Balaban J connectivity index is 1.74. The Morgan fingerprint density at radius 2 is 1.55 bits per heavy atom. The number of anilines is 2. The number of Topliss-reactive ketones (excluding diaryl/α,β-unsaturated/α-hetero) is 1. The molecule has 1 N–H and O–H groups in total. The van der Waals surface area contributed by atoms with Crippen molar-refractivity contribution in [3.63, 3.8) is 0 Å². The summed E-state index contributed by atoms with van der Waals surface area (Å²) in [6.07, 6.45) is 1.03. The van der Waals surface area contributed by atoms with E-state index in [9.17, 15) is 18.0 Å². The molecule has 0 radical (unpaired) electrons. The van der Waals surface area contributed by atoms with Crippen LogP contribution in [0.2, 0.25) is 0 Å². The number of hydrogen-bond acceptors (Lipinski definition) is 5. The zero-order valence-electron chi connectivity index (χ0n) is 17.1. The molecule has 3 aromatic rings. The molecule has 0 saturated carbocycles. The van der Waals surface area contributed by atoms with Crippen LogP contribution in [0.25, 0.3) is 0 Å². The van der Waals surface area contributed by atoms with Crippen LogP contribution in [-0.4, -0.2) is 32.9 Å². The molecule has 0 aromatic heterocycles. The van der Waals surface area contributed by atoms with Gasteiger partial charge in [-0.1, -0.05) is 30.3 Å². The second-order valence-corrected chi connectivity index (χ2v) is 8.77. The zero-order chi connectivity index (χ0) is 22.4. The van der Waals surface area contributed by atoms with Gasteiger partial charge in [0.15, 0.2) is 5.78 Å². The SMILES string of the molecule is CC(=O)c1cccc(NC(=O)CN(c2ccc(Oc3ccccc3)cc2)S(C)(=O)=O)c1. The predicted molar refractivity (Wildman–Crippen MR) is 120 cm³/mol. The number of rotatable bonds is 8. The minimum atomic E-state index is -3.72. The summed E-state index contributed by atoms with van der Waals surface area (Å²) in [5, 5.41) is 2.63. The van der Waals surface area contributed by atoms with Gasteiger partial charge < -0.3 is 10.1 Å². The van der Waals surface area contributed by atoms with Crippen molar-refractivity contribution in [2.24, 2.45) is 0 Å². The Hall–Kier alpha value is -3.65. The third-order valence-corrected chi connectivity index (χ3v) is 5.48. The van der Waals surface area contributed by atoms with Crippen LogP contribution in [0.15, 0.2) is 78.9 Å².